The van der Waals surface area contributed by atoms with Gasteiger partial charge in [0, 0.05) is 49.4 Å². The third-order valence-corrected chi connectivity index (χ3v) is 6.98. The van der Waals surface area contributed by atoms with Crippen LogP contribution in [0.15, 0.2) is 41.3 Å². The molecule has 1 N–H and O–H groups in total. The summed E-state index contributed by atoms with van der Waals surface area (Å²) in [6.45, 7) is 6.51. The summed E-state index contributed by atoms with van der Waals surface area (Å²) in [4.78, 5) is 37.7. The Bertz CT molecular complexity index is 1260. The van der Waals surface area contributed by atoms with Gasteiger partial charge < -0.3 is 10.1 Å². The lowest BCUT2D eigenvalue weighted by atomic mass is 10.00. The minimum absolute atomic E-state index is 0.0138. The molecule has 0 spiro atoms. The van der Waals surface area contributed by atoms with Gasteiger partial charge in [0.2, 0.25) is 11.9 Å². The zero-order valence-corrected chi connectivity index (χ0v) is 19.8. The number of pyridine rings is 1. The molecule has 2 fully saturated rings. The number of fused-ring (bicyclic) bond motifs is 1. The van der Waals surface area contributed by atoms with E-state index in [9.17, 15) is 9.59 Å². The molecule has 3 aromatic rings. The summed E-state index contributed by atoms with van der Waals surface area (Å²) < 4.78 is 7.40. The number of nitrogens with one attached hydrogen (secondary N) is 1. The molecular weight excluding hydrogens is 430 g/mol. The quantitative estimate of drug-likeness (QED) is 0.642. The van der Waals surface area contributed by atoms with E-state index in [0.29, 0.717) is 30.4 Å². The highest BCUT2D eigenvalue weighted by atomic mass is 16.5. The third-order valence-electron chi connectivity index (χ3n) is 6.98. The number of aromatic nitrogens is 3. The van der Waals surface area contributed by atoms with Gasteiger partial charge in [0.1, 0.15) is 5.65 Å². The third kappa shape index (κ3) is 4.23. The zero-order valence-electron chi connectivity index (χ0n) is 19.8. The van der Waals surface area contributed by atoms with Crippen LogP contribution in [0.25, 0.3) is 22.2 Å². The summed E-state index contributed by atoms with van der Waals surface area (Å²) in [6, 6.07) is 9.85. The van der Waals surface area contributed by atoms with Gasteiger partial charge >= 0.3 is 0 Å². The van der Waals surface area contributed by atoms with Gasteiger partial charge in [-0.2, -0.15) is 4.98 Å². The molecule has 0 saturated carbocycles. The number of piperidine rings is 1. The van der Waals surface area contributed by atoms with Crippen molar-refractivity contribution in [2.75, 3.05) is 31.2 Å². The van der Waals surface area contributed by atoms with Crippen LogP contribution in [0.5, 0.6) is 0 Å². The number of hydrogen-bond donors (Lipinski definition) is 1. The highest BCUT2D eigenvalue weighted by Crippen LogP contribution is 2.29. The van der Waals surface area contributed by atoms with E-state index < -0.39 is 0 Å². The summed E-state index contributed by atoms with van der Waals surface area (Å²) in [5.74, 6) is 0.290. The van der Waals surface area contributed by atoms with Crippen molar-refractivity contribution in [3.8, 4) is 11.1 Å². The van der Waals surface area contributed by atoms with Crippen molar-refractivity contribution >= 4 is 22.9 Å². The fraction of sp³-hybridized carbons (Fsp3) is 0.462. The summed E-state index contributed by atoms with van der Waals surface area (Å²) in [6.07, 6.45) is 4.94. The summed E-state index contributed by atoms with van der Waals surface area (Å²) in [7, 11) is 0. The van der Waals surface area contributed by atoms with E-state index in [1.54, 1.807) is 18.0 Å². The number of aryl methyl sites for hydroxylation is 1. The number of rotatable bonds is 4. The fourth-order valence-electron chi connectivity index (χ4n) is 5.20. The Morgan fingerprint density at radius 3 is 2.56 bits per heavy atom. The van der Waals surface area contributed by atoms with Gasteiger partial charge in [-0.1, -0.05) is 24.3 Å². The molecule has 2 aromatic heterocycles. The van der Waals surface area contributed by atoms with Crippen molar-refractivity contribution in [3.63, 3.8) is 0 Å². The van der Waals surface area contributed by atoms with Gasteiger partial charge in [0.25, 0.3) is 5.56 Å². The molecule has 2 aliphatic heterocycles. The first kappa shape index (κ1) is 22.7. The van der Waals surface area contributed by atoms with E-state index in [0.717, 1.165) is 55.3 Å². The van der Waals surface area contributed by atoms with Gasteiger partial charge in [-0.05, 0) is 62.9 Å². The summed E-state index contributed by atoms with van der Waals surface area (Å²) in [5, 5.41) is 4.13. The molecule has 0 unspecified atom stereocenters. The van der Waals surface area contributed by atoms with Crippen LogP contribution in [0.1, 0.15) is 44.2 Å². The molecule has 1 aromatic carbocycles. The van der Waals surface area contributed by atoms with Crippen molar-refractivity contribution in [1.82, 2.24) is 19.9 Å². The lowest BCUT2D eigenvalue weighted by molar-refractivity contribution is -0.117. The summed E-state index contributed by atoms with van der Waals surface area (Å²) in [5.41, 5.74) is 3.13. The average molecular weight is 462 g/mol. The number of ether oxygens (including phenoxy) is 1. The number of carbonyl (C=O) groups excluding carboxylic acids is 1. The minimum Gasteiger partial charge on any atom is -0.381 e. The normalized spacial score (nSPS) is 17.7. The van der Waals surface area contributed by atoms with Gasteiger partial charge in [0.15, 0.2) is 0 Å². The minimum atomic E-state index is -0.0808. The molecule has 34 heavy (non-hydrogen) atoms. The molecule has 2 saturated heterocycles. The Labute approximate surface area is 199 Å². The van der Waals surface area contributed by atoms with E-state index in [1.165, 1.54) is 0 Å². The maximum Gasteiger partial charge on any atom is 0.260 e. The monoisotopic (exact) mass is 461 g/mol. The Hall–Kier alpha value is -3.10. The van der Waals surface area contributed by atoms with Crippen LogP contribution in [-0.2, 0) is 9.53 Å². The Morgan fingerprint density at radius 1 is 1.12 bits per heavy atom. The molecule has 0 aliphatic carbocycles. The van der Waals surface area contributed by atoms with E-state index in [2.05, 4.69) is 10.3 Å². The number of amides is 1. The van der Waals surface area contributed by atoms with E-state index in [4.69, 9.17) is 9.72 Å². The molecule has 0 atom stereocenters. The average Bonchev–Trinajstić information content (AvgIpc) is 2.85. The van der Waals surface area contributed by atoms with Gasteiger partial charge in [-0.15, -0.1) is 0 Å². The number of nitrogens with zero attached hydrogens (tertiary/aromatic N) is 4. The van der Waals surface area contributed by atoms with Crippen molar-refractivity contribution in [2.24, 2.45) is 0 Å². The van der Waals surface area contributed by atoms with Crippen molar-refractivity contribution in [3.05, 3.63) is 52.4 Å². The molecule has 2 aliphatic rings. The van der Waals surface area contributed by atoms with E-state index in [1.807, 2.05) is 41.8 Å². The standard InChI is InChI=1S/C26H31N5O3/c1-17-5-3-4-6-22(17)23-15-19-16-28-26(30(18(2)32)20-7-11-27-12-8-20)29-24(19)31(25(23)33)21-9-13-34-14-10-21/h3-6,15-16,20-21,27H,7-14H2,1-2H3. The van der Waals surface area contributed by atoms with Gasteiger partial charge in [-0.3, -0.25) is 19.1 Å². The first-order chi connectivity index (χ1) is 16.5. The smallest absolute Gasteiger partial charge is 0.260 e. The highest BCUT2D eigenvalue weighted by Gasteiger charge is 2.28. The van der Waals surface area contributed by atoms with Crippen LogP contribution in [0.3, 0.4) is 0 Å². The van der Waals surface area contributed by atoms with Crippen LogP contribution >= 0.6 is 0 Å². The van der Waals surface area contributed by atoms with Crippen molar-refractivity contribution in [2.45, 2.75) is 51.6 Å². The molecule has 4 heterocycles. The SMILES string of the molecule is CC(=O)N(c1ncc2cc(-c3ccccc3C)c(=O)n(C3CCOCC3)c2n1)C1CCNCC1. The highest BCUT2D eigenvalue weighted by molar-refractivity contribution is 5.91. The van der Waals surface area contributed by atoms with E-state index in [-0.39, 0.29) is 23.6 Å². The molecule has 5 rings (SSSR count). The molecule has 0 bridgehead atoms. The maximum absolute atomic E-state index is 13.9. The fourth-order valence-corrected chi connectivity index (χ4v) is 5.20. The van der Waals surface area contributed by atoms with Gasteiger partial charge in [-0.25, -0.2) is 4.98 Å². The Balaban J connectivity index is 1.70. The first-order valence-corrected chi connectivity index (χ1v) is 12.1. The number of hydrogen-bond acceptors (Lipinski definition) is 6. The lowest BCUT2D eigenvalue weighted by Gasteiger charge is -2.32. The number of anilines is 1. The van der Waals surface area contributed by atoms with Crippen LogP contribution in [0.2, 0.25) is 0 Å². The second-order valence-corrected chi connectivity index (χ2v) is 9.21. The molecule has 178 valence electrons. The van der Waals surface area contributed by atoms with Crippen LogP contribution in [0, 0.1) is 6.92 Å². The molecular formula is C26H31N5O3. The second-order valence-electron chi connectivity index (χ2n) is 9.21. The first-order valence-electron chi connectivity index (χ1n) is 12.1. The lowest BCUT2D eigenvalue weighted by Crippen LogP contribution is -2.46. The molecule has 1 amide bonds. The predicted molar refractivity (Wildman–Crippen MR) is 132 cm³/mol. The topological polar surface area (TPSA) is 89.4 Å². The Kier molecular flexibility index (Phi) is 6.43. The number of benzene rings is 1. The van der Waals surface area contributed by atoms with Crippen molar-refractivity contribution < 1.29 is 9.53 Å². The van der Waals surface area contributed by atoms with E-state index >= 15 is 0 Å². The predicted octanol–water partition coefficient (Wildman–Crippen LogP) is 3.22. The Morgan fingerprint density at radius 2 is 1.85 bits per heavy atom. The second kappa shape index (κ2) is 9.64. The zero-order chi connectivity index (χ0) is 23.7. The molecule has 8 heteroatoms. The van der Waals surface area contributed by atoms with Crippen LogP contribution in [0.4, 0.5) is 5.95 Å². The maximum atomic E-state index is 13.9. The van der Waals surface area contributed by atoms with Crippen molar-refractivity contribution in [1.29, 1.82) is 0 Å². The largest absolute Gasteiger partial charge is 0.381 e. The van der Waals surface area contributed by atoms with Crippen LogP contribution < -0.4 is 15.8 Å². The number of carbonyl (C=O) groups is 1. The summed E-state index contributed by atoms with van der Waals surface area (Å²) >= 11 is 0. The molecule has 0 radical (unpaired) electrons. The van der Waals surface area contributed by atoms with Crippen LogP contribution in [-0.4, -0.2) is 52.8 Å². The molecule has 8 nitrogen and oxygen atoms in total. The van der Waals surface area contributed by atoms with Gasteiger partial charge in [0.05, 0.1) is 0 Å².